The number of rotatable bonds is 12. The number of unbranched alkanes of at least 4 members (excludes halogenated alkanes) is 5. The van der Waals surface area contributed by atoms with E-state index in [1.165, 1.54) is 38.3 Å². The minimum absolute atomic E-state index is 0.0925. The van der Waals surface area contributed by atoms with E-state index in [1.54, 1.807) is 12.1 Å². The van der Waals surface area contributed by atoms with Crippen molar-refractivity contribution in [3.63, 3.8) is 0 Å². The van der Waals surface area contributed by atoms with Crippen LogP contribution < -0.4 is 10.2 Å². The molecule has 3 N–H and O–H groups in total. The van der Waals surface area contributed by atoms with Gasteiger partial charge in [0.1, 0.15) is 17.2 Å². The second-order valence-electron chi connectivity index (χ2n) is 8.73. The van der Waals surface area contributed by atoms with E-state index in [1.807, 2.05) is 54.6 Å². The SMILES string of the molecule is CCCCCCCCOc1ccc(-c2cc(C(=O)N/N=C/c3c(O)ccc4ccccc34)[nH]n2)cc1. The Hall–Kier alpha value is -4.13. The number of H-pyrrole nitrogens is 1. The molecule has 0 unspecified atom stereocenters. The first kappa shape index (κ1) is 25.0. The van der Waals surface area contributed by atoms with Crippen LogP contribution in [0.25, 0.3) is 22.0 Å². The van der Waals surface area contributed by atoms with Gasteiger partial charge in [-0.05, 0) is 53.6 Å². The van der Waals surface area contributed by atoms with Gasteiger partial charge in [-0.1, -0.05) is 69.4 Å². The fourth-order valence-corrected chi connectivity index (χ4v) is 4.02. The minimum atomic E-state index is -0.427. The van der Waals surface area contributed by atoms with Gasteiger partial charge in [0.2, 0.25) is 0 Å². The fourth-order valence-electron chi connectivity index (χ4n) is 4.02. The summed E-state index contributed by atoms with van der Waals surface area (Å²) in [5, 5.41) is 23.1. The van der Waals surface area contributed by atoms with Gasteiger partial charge in [-0.2, -0.15) is 10.2 Å². The van der Waals surface area contributed by atoms with Gasteiger partial charge >= 0.3 is 0 Å². The smallest absolute Gasteiger partial charge is 0.289 e. The van der Waals surface area contributed by atoms with Crippen molar-refractivity contribution in [3.8, 4) is 22.8 Å². The van der Waals surface area contributed by atoms with E-state index in [0.717, 1.165) is 35.1 Å². The Morgan fingerprint density at radius 3 is 2.64 bits per heavy atom. The second-order valence-corrected chi connectivity index (χ2v) is 8.73. The van der Waals surface area contributed by atoms with Crippen molar-refractivity contribution < 1.29 is 14.6 Å². The van der Waals surface area contributed by atoms with Crippen LogP contribution in [0.2, 0.25) is 0 Å². The number of hydrogen-bond donors (Lipinski definition) is 3. The van der Waals surface area contributed by atoms with Crippen LogP contribution in [0, 0.1) is 0 Å². The van der Waals surface area contributed by atoms with Gasteiger partial charge in [0.25, 0.3) is 5.91 Å². The number of aromatic hydroxyl groups is 1. The van der Waals surface area contributed by atoms with Gasteiger partial charge < -0.3 is 9.84 Å². The molecule has 7 heteroatoms. The fraction of sp³-hybridized carbons (Fsp3) is 0.276. The first-order valence-electron chi connectivity index (χ1n) is 12.5. The third kappa shape index (κ3) is 6.50. The highest BCUT2D eigenvalue weighted by Gasteiger charge is 2.11. The van der Waals surface area contributed by atoms with Gasteiger partial charge in [-0.15, -0.1) is 0 Å². The lowest BCUT2D eigenvalue weighted by Crippen LogP contribution is -2.18. The van der Waals surface area contributed by atoms with Crippen molar-refractivity contribution in [1.29, 1.82) is 0 Å². The molecule has 3 aromatic carbocycles. The lowest BCUT2D eigenvalue weighted by molar-refractivity contribution is 0.0950. The monoisotopic (exact) mass is 484 g/mol. The molecule has 0 aliphatic carbocycles. The first-order chi connectivity index (χ1) is 17.7. The van der Waals surface area contributed by atoms with E-state index in [2.05, 4.69) is 27.6 Å². The lowest BCUT2D eigenvalue weighted by atomic mass is 10.0. The summed E-state index contributed by atoms with van der Waals surface area (Å²) in [4.78, 5) is 12.5. The summed E-state index contributed by atoms with van der Waals surface area (Å²) in [5.41, 5.74) is 4.84. The second kappa shape index (κ2) is 12.5. The number of aromatic amines is 1. The van der Waals surface area contributed by atoms with Crippen molar-refractivity contribution in [1.82, 2.24) is 15.6 Å². The highest BCUT2D eigenvalue weighted by molar-refractivity contribution is 6.03. The van der Waals surface area contributed by atoms with Crippen molar-refractivity contribution >= 4 is 22.9 Å². The Balaban J connectivity index is 1.30. The Bertz CT molecular complexity index is 1310. The summed E-state index contributed by atoms with van der Waals surface area (Å²) in [6, 6.07) is 20.5. The lowest BCUT2D eigenvalue weighted by Gasteiger charge is -2.06. The Morgan fingerprint density at radius 1 is 1.03 bits per heavy atom. The molecule has 0 bridgehead atoms. The molecule has 0 aliphatic rings. The van der Waals surface area contributed by atoms with Crippen LogP contribution in [0.1, 0.15) is 61.5 Å². The van der Waals surface area contributed by atoms with Gasteiger partial charge in [-0.25, -0.2) is 5.43 Å². The van der Waals surface area contributed by atoms with Crippen molar-refractivity contribution in [2.45, 2.75) is 45.4 Å². The van der Waals surface area contributed by atoms with Crippen LogP contribution in [0.4, 0.5) is 0 Å². The molecule has 0 atom stereocenters. The average molecular weight is 485 g/mol. The molecular weight excluding hydrogens is 452 g/mol. The zero-order chi connectivity index (χ0) is 25.2. The predicted octanol–water partition coefficient (Wildman–Crippen LogP) is 6.44. The van der Waals surface area contributed by atoms with Gasteiger partial charge in [0.15, 0.2) is 0 Å². The number of amides is 1. The number of nitrogens with zero attached hydrogens (tertiary/aromatic N) is 2. The van der Waals surface area contributed by atoms with E-state index < -0.39 is 5.91 Å². The van der Waals surface area contributed by atoms with E-state index in [9.17, 15) is 9.90 Å². The number of fused-ring (bicyclic) bond motifs is 1. The number of carbonyl (C=O) groups excluding carboxylic acids is 1. The number of carbonyl (C=O) groups is 1. The number of aromatic nitrogens is 2. The van der Waals surface area contributed by atoms with E-state index in [4.69, 9.17) is 4.74 Å². The zero-order valence-corrected chi connectivity index (χ0v) is 20.5. The molecule has 0 saturated heterocycles. The number of hydrogen-bond acceptors (Lipinski definition) is 5. The summed E-state index contributed by atoms with van der Waals surface area (Å²) >= 11 is 0. The van der Waals surface area contributed by atoms with Gasteiger partial charge in [0.05, 0.1) is 18.5 Å². The number of benzene rings is 3. The standard InChI is InChI=1S/C29H32N4O3/c1-2-3-4-5-6-9-18-36-23-15-12-22(13-16-23)26-19-27(32-31-26)29(35)33-30-20-25-24-11-8-7-10-21(24)14-17-28(25)34/h7-8,10-17,19-20,34H,2-6,9,18H2,1H3,(H,31,32)(H,33,35)/b30-20+. The summed E-state index contributed by atoms with van der Waals surface area (Å²) < 4.78 is 5.84. The molecule has 0 fully saturated rings. The number of hydrazone groups is 1. The molecule has 4 rings (SSSR count). The molecule has 1 heterocycles. The highest BCUT2D eigenvalue weighted by Crippen LogP contribution is 2.25. The van der Waals surface area contributed by atoms with Crippen LogP contribution in [0.5, 0.6) is 11.5 Å². The number of ether oxygens (including phenoxy) is 1. The summed E-state index contributed by atoms with van der Waals surface area (Å²) in [6.45, 7) is 2.94. The maximum Gasteiger partial charge on any atom is 0.289 e. The van der Waals surface area contributed by atoms with Crippen LogP contribution in [-0.2, 0) is 0 Å². The largest absolute Gasteiger partial charge is 0.507 e. The third-order valence-electron chi connectivity index (χ3n) is 6.05. The number of nitrogens with one attached hydrogen (secondary N) is 2. The van der Waals surface area contributed by atoms with Crippen molar-refractivity contribution in [2.24, 2.45) is 5.10 Å². The molecule has 0 spiro atoms. The molecule has 0 aliphatic heterocycles. The molecule has 0 saturated carbocycles. The minimum Gasteiger partial charge on any atom is -0.507 e. The molecule has 1 aromatic heterocycles. The molecule has 4 aromatic rings. The highest BCUT2D eigenvalue weighted by atomic mass is 16.5. The van der Waals surface area contributed by atoms with Gasteiger partial charge in [-0.3, -0.25) is 9.89 Å². The van der Waals surface area contributed by atoms with E-state index in [0.29, 0.717) is 11.3 Å². The van der Waals surface area contributed by atoms with E-state index >= 15 is 0 Å². The average Bonchev–Trinajstić information content (AvgIpc) is 3.40. The van der Waals surface area contributed by atoms with Crippen LogP contribution in [-0.4, -0.2) is 34.0 Å². The molecule has 186 valence electrons. The zero-order valence-electron chi connectivity index (χ0n) is 20.5. The first-order valence-corrected chi connectivity index (χ1v) is 12.5. The molecule has 36 heavy (non-hydrogen) atoms. The van der Waals surface area contributed by atoms with Gasteiger partial charge in [0, 0.05) is 11.1 Å². The number of phenols is 1. The van der Waals surface area contributed by atoms with Crippen LogP contribution in [0.3, 0.4) is 0 Å². The molecule has 0 radical (unpaired) electrons. The maximum absolute atomic E-state index is 12.5. The van der Waals surface area contributed by atoms with Crippen LogP contribution in [0.15, 0.2) is 71.8 Å². The molecule has 7 nitrogen and oxygen atoms in total. The normalized spacial score (nSPS) is 11.2. The third-order valence-corrected chi connectivity index (χ3v) is 6.05. The Kier molecular flexibility index (Phi) is 8.70. The molecule has 1 amide bonds. The number of phenolic OH excluding ortho intramolecular Hbond substituents is 1. The van der Waals surface area contributed by atoms with Crippen molar-refractivity contribution in [3.05, 3.63) is 78.0 Å². The maximum atomic E-state index is 12.5. The molecular formula is C29H32N4O3. The topological polar surface area (TPSA) is 99.6 Å². The Labute approximate surface area is 211 Å². The predicted molar refractivity (Wildman–Crippen MR) is 144 cm³/mol. The summed E-state index contributed by atoms with van der Waals surface area (Å²) in [6.07, 6.45) is 8.83. The van der Waals surface area contributed by atoms with Crippen molar-refractivity contribution in [2.75, 3.05) is 6.61 Å². The van der Waals surface area contributed by atoms with Crippen LogP contribution >= 0.6 is 0 Å². The summed E-state index contributed by atoms with van der Waals surface area (Å²) in [5.74, 6) is 0.491. The quantitative estimate of drug-likeness (QED) is 0.122. The Morgan fingerprint density at radius 2 is 1.81 bits per heavy atom. The van der Waals surface area contributed by atoms with E-state index in [-0.39, 0.29) is 11.4 Å². The summed E-state index contributed by atoms with van der Waals surface area (Å²) in [7, 11) is 0.